The molecule has 0 unspecified atom stereocenters. The molecule has 1 aliphatic heterocycles. The number of benzene rings is 2. The number of carbonyl (C=O) groups is 1. The number of ether oxygens (including phenoxy) is 3. The van der Waals surface area contributed by atoms with E-state index >= 15 is 0 Å². The summed E-state index contributed by atoms with van der Waals surface area (Å²) < 4.78 is 16.1. The molecule has 1 amide bonds. The van der Waals surface area contributed by atoms with Crippen LogP contribution < -0.4 is 19.9 Å². The Hall–Kier alpha value is -2.69. The molecule has 21 heavy (non-hydrogen) atoms. The lowest BCUT2D eigenvalue weighted by Gasteiger charge is -2.10. The lowest BCUT2D eigenvalue weighted by atomic mass is 10.0. The zero-order valence-electron chi connectivity index (χ0n) is 11.6. The van der Waals surface area contributed by atoms with Crippen molar-refractivity contribution in [1.29, 1.82) is 0 Å². The summed E-state index contributed by atoms with van der Waals surface area (Å²) in [4.78, 5) is 11.6. The van der Waals surface area contributed by atoms with Gasteiger partial charge in [0.2, 0.25) is 6.79 Å². The minimum Gasteiger partial charge on any atom is -0.493 e. The highest BCUT2D eigenvalue weighted by molar-refractivity contribution is 5.97. The summed E-state index contributed by atoms with van der Waals surface area (Å²) in [5, 5.41) is 0. The Balaban J connectivity index is 2.02. The molecule has 0 saturated carbocycles. The molecule has 0 fully saturated rings. The van der Waals surface area contributed by atoms with E-state index in [-0.39, 0.29) is 6.79 Å². The van der Waals surface area contributed by atoms with Gasteiger partial charge in [-0.05, 0) is 42.3 Å². The van der Waals surface area contributed by atoms with Crippen LogP contribution in [0.3, 0.4) is 0 Å². The van der Waals surface area contributed by atoms with Gasteiger partial charge in [0.25, 0.3) is 5.91 Å². The predicted octanol–water partition coefficient (Wildman–Crippen LogP) is 2.58. The van der Waals surface area contributed by atoms with E-state index in [0.717, 1.165) is 16.9 Å². The van der Waals surface area contributed by atoms with E-state index in [1.807, 2.05) is 31.2 Å². The maximum atomic E-state index is 11.6. The molecular weight excluding hydrogens is 270 g/mol. The summed E-state index contributed by atoms with van der Waals surface area (Å²) in [7, 11) is 0. The second-order valence-electron chi connectivity index (χ2n) is 4.58. The minimum atomic E-state index is -0.513. The normalized spacial score (nSPS) is 12.2. The van der Waals surface area contributed by atoms with Gasteiger partial charge in [-0.3, -0.25) is 4.79 Å². The van der Waals surface area contributed by atoms with Gasteiger partial charge in [-0.25, -0.2) is 0 Å². The zero-order chi connectivity index (χ0) is 14.8. The average Bonchev–Trinajstić information content (AvgIpc) is 2.95. The monoisotopic (exact) mass is 285 g/mol. The third-order valence-corrected chi connectivity index (χ3v) is 3.25. The molecule has 0 spiro atoms. The molecule has 3 rings (SSSR count). The summed E-state index contributed by atoms with van der Waals surface area (Å²) >= 11 is 0. The molecule has 2 N–H and O–H groups in total. The highest BCUT2D eigenvalue weighted by atomic mass is 16.7. The fourth-order valence-electron chi connectivity index (χ4n) is 2.26. The van der Waals surface area contributed by atoms with Crippen LogP contribution in [-0.4, -0.2) is 19.3 Å². The first kappa shape index (κ1) is 13.3. The standard InChI is InChI=1S/C16H15NO4/c1-2-19-13-5-3-10(7-12(13)16(17)18)11-4-6-14-15(8-11)21-9-20-14/h3-8H,2,9H2,1H3,(H2,17,18). The van der Waals surface area contributed by atoms with Crippen molar-refractivity contribution in [3.63, 3.8) is 0 Å². The number of primary amides is 1. The maximum Gasteiger partial charge on any atom is 0.252 e. The van der Waals surface area contributed by atoms with Crippen molar-refractivity contribution in [2.45, 2.75) is 6.92 Å². The van der Waals surface area contributed by atoms with E-state index in [1.54, 1.807) is 12.1 Å². The quantitative estimate of drug-likeness (QED) is 0.937. The van der Waals surface area contributed by atoms with Crippen LogP contribution in [-0.2, 0) is 0 Å². The van der Waals surface area contributed by atoms with Crippen LogP contribution in [0.15, 0.2) is 36.4 Å². The van der Waals surface area contributed by atoms with Gasteiger partial charge in [-0.1, -0.05) is 12.1 Å². The summed E-state index contributed by atoms with van der Waals surface area (Å²) in [5.74, 6) is 1.40. The third-order valence-electron chi connectivity index (χ3n) is 3.25. The molecule has 0 saturated heterocycles. The van der Waals surface area contributed by atoms with E-state index in [2.05, 4.69) is 0 Å². The summed E-state index contributed by atoms with van der Waals surface area (Å²) in [6, 6.07) is 11.0. The fourth-order valence-corrected chi connectivity index (χ4v) is 2.26. The van der Waals surface area contributed by atoms with Gasteiger partial charge >= 0.3 is 0 Å². The van der Waals surface area contributed by atoms with Crippen molar-refractivity contribution in [2.75, 3.05) is 13.4 Å². The Bertz CT molecular complexity index is 697. The number of amides is 1. The van der Waals surface area contributed by atoms with Crippen molar-refractivity contribution >= 4 is 5.91 Å². The van der Waals surface area contributed by atoms with Crippen LogP contribution >= 0.6 is 0 Å². The molecule has 1 aliphatic rings. The van der Waals surface area contributed by atoms with Gasteiger partial charge in [0.1, 0.15) is 5.75 Å². The minimum absolute atomic E-state index is 0.231. The van der Waals surface area contributed by atoms with Crippen molar-refractivity contribution in [3.8, 4) is 28.4 Å². The molecule has 0 aliphatic carbocycles. The number of nitrogens with two attached hydrogens (primary N) is 1. The first-order valence-electron chi connectivity index (χ1n) is 6.65. The van der Waals surface area contributed by atoms with E-state index in [9.17, 15) is 4.79 Å². The van der Waals surface area contributed by atoms with Gasteiger partial charge in [-0.15, -0.1) is 0 Å². The SMILES string of the molecule is CCOc1ccc(-c2ccc3c(c2)OCO3)cc1C(N)=O. The fraction of sp³-hybridized carbons (Fsp3) is 0.188. The Kier molecular flexibility index (Phi) is 3.39. The van der Waals surface area contributed by atoms with E-state index in [0.29, 0.717) is 23.7 Å². The number of hydrogen-bond acceptors (Lipinski definition) is 4. The highest BCUT2D eigenvalue weighted by Gasteiger charge is 2.16. The lowest BCUT2D eigenvalue weighted by molar-refractivity contribution is 0.0996. The number of hydrogen-bond donors (Lipinski definition) is 1. The zero-order valence-corrected chi connectivity index (χ0v) is 11.6. The van der Waals surface area contributed by atoms with Gasteiger partial charge < -0.3 is 19.9 Å². The first-order chi connectivity index (χ1) is 10.2. The van der Waals surface area contributed by atoms with Crippen LogP contribution in [0.25, 0.3) is 11.1 Å². The van der Waals surface area contributed by atoms with Gasteiger partial charge in [-0.2, -0.15) is 0 Å². The largest absolute Gasteiger partial charge is 0.493 e. The van der Waals surface area contributed by atoms with Crippen molar-refractivity contribution < 1.29 is 19.0 Å². The van der Waals surface area contributed by atoms with Gasteiger partial charge in [0.05, 0.1) is 12.2 Å². The maximum absolute atomic E-state index is 11.6. The van der Waals surface area contributed by atoms with Crippen molar-refractivity contribution in [3.05, 3.63) is 42.0 Å². The highest BCUT2D eigenvalue weighted by Crippen LogP contribution is 2.36. The van der Waals surface area contributed by atoms with Crippen molar-refractivity contribution in [1.82, 2.24) is 0 Å². The Morgan fingerprint density at radius 2 is 1.86 bits per heavy atom. The van der Waals surface area contributed by atoms with Crippen LogP contribution in [0.4, 0.5) is 0 Å². The third kappa shape index (κ3) is 2.50. The molecule has 5 heteroatoms. The second kappa shape index (κ2) is 5.36. The van der Waals surface area contributed by atoms with Crippen LogP contribution in [0.2, 0.25) is 0 Å². The number of carbonyl (C=O) groups excluding carboxylic acids is 1. The van der Waals surface area contributed by atoms with E-state index in [1.165, 1.54) is 0 Å². The van der Waals surface area contributed by atoms with E-state index < -0.39 is 5.91 Å². The molecule has 108 valence electrons. The Morgan fingerprint density at radius 3 is 2.62 bits per heavy atom. The van der Waals surface area contributed by atoms with Crippen LogP contribution in [0, 0.1) is 0 Å². The first-order valence-corrected chi connectivity index (χ1v) is 6.65. The molecule has 0 radical (unpaired) electrons. The molecule has 0 atom stereocenters. The molecular formula is C16H15NO4. The summed E-state index contributed by atoms with van der Waals surface area (Å²) in [6.07, 6.45) is 0. The molecule has 2 aromatic carbocycles. The average molecular weight is 285 g/mol. The van der Waals surface area contributed by atoms with Crippen LogP contribution in [0.5, 0.6) is 17.2 Å². The topological polar surface area (TPSA) is 70.8 Å². The van der Waals surface area contributed by atoms with Gasteiger partial charge in [0, 0.05) is 0 Å². The smallest absolute Gasteiger partial charge is 0.252 e. The van der Waals surface area contributed by atoms with Crippen LogP contribution in [0.1, 0.15) is 17.3 Å². The van der Waals surface area contributed by atoms with Crippen molar-refractivity contribution in [2.24, 2.45) is 5.73 Å². The molecule has 0 aromatic heterocycles. The molecule has 0 bridgehead atoms. The second-order valence-corrected chi connectivity index (χ2v) is 4.58. The summed E-state index contributed by atoms with van der Waals surface area (Å²) in [6.45, 7) is 2.56. The predicted molar refractivity (Wildman–Crippen MR) is 77.7 cm³/mol. The Labute approximate surface area is 122 Å². The molecule has 1 heterocycles. The Morgan fingerprint density at radius 1 is 1.14 bits per heavy atom. The lowest BCUT2D eigenvalue weighted by Crippen LogP contribution is -2.13. The summed E-state index contributed by atoms with van der Waals surface area (Å²) in [5.41, 5.74) is 7.57. The number of rotatable bonds is 4. The van der Waals surface area contributed by atoms with Gasteiger partial charge in [0.15, 0.2) is 11.5 Å². The van der Waals surface area contributed by atoms with E-state index in [4.69, 9.17) is 19.9 Å². The molecule has 5 nitrogen and oxygen atoms in total. The molecule has 2 aromatic rings. The number of fused-ring (bicyclic) bond motifs is 1.